The third-order valence-electron chi connectivity index (χ3n) is 3.26. The van der Waals surface area contributed by atoms with E-state index in [2.05, 4.69) is 54.7 Å². The van der Waals surface area contributed by atoms with Crippen molar-refractivity contribution in [3.05, 3.63) is 59.2 Å². The number of fused-ring (bicyclic) bond motifs is 3. The van der Waals surface area contributed by atoms with Gasteiger partial charge in [0.1, 0.15) is 0 Å². The minimum absolute atomic E-state index is 0.874. The SMILES string of the molecule is Brc1ccc(-c2cn3c(nc4ccccc43)[nH]2)cc1. The smallest absolute Gasteiger partial charge is 0.212 e. The Balaban J connectivity index is 1.94. The molecule has 0 fully saturated rings. The highest BCUT2D eigenvalue weighted by Crippen LogP contribution is 2.24. The van der Waals surface area contributed by atoms with E-state index in [1.165, 1.54) is 0 Å². The zero-order chi connectivity index (χ0) is 12.8. The number of H-pyrrole nitrogens is 1. The van der Waals surface area contributed by atoms with Crippen LogP contribution in [0.1, 0.15) is 0 Å². The number of aromatic amines is 1. The van der Waals surface area contributed by atoms with Crippen molar-refractivity contribution in [1.29, 1.82) is 0 Å². The molecule has 92 valence electrons. The Morgan fingerprint density at radius 3 is 2.63 bits per heavy atom. The van der Waals surface area contributed by atoms with Gasteiger partial charge in [-0.15, -0.1) is 0 Å². The molecule has 0 aliphatic carbocycles. The van der Waals surface area contributed by atoms with E-state index in [-0.39, 0.29) is 0 Å². The van der Waals surface area contributed by atoms with Crippen molar-refractivity contribution >= 4 is 32.7 Å². The van der Waals surface area contributed by atoms with Gasteiger partial charge in [0.25, 0.3) is 0 Å². The van der Waals surface area contributed by atoms with Gasteiger partial charge in [0, 0.05) is 10.7 Å². The van der Waals surface area contributed by atoms with Crippen molar-refractivity contribution in [3.8, 4) is 11.3 Å². The van der Waals surface area contributed by atoms with Crippen LogP contribution in [0.3, 0.4) is 0 Å². The molecule has 2 aromatic heterocycles. The lowest BCUT2D eigenvalue weighted by Gasteiger charge is -1.97. The Labute approximate surface area is 118 Å². The molecule has 0 aliphatic heterocycles. The minimum atomic E-state index is 0.874. The number of hydrogen-bond acceptors (Lipinski definition) is 1. The summed E-state index contributed by atoms with van der Waals surface area (Å²) in [7, 11) is 0. The third-order valence-corrected chi connectivity index (χ3v) is 3.78. The van der Waals surface area contributed by atoms with Gasteiger partial charge in [-0.1, -0.05) is 40.2 Å². The summed E-state index contributed by atoms with van der Waals surface area (Å²) in [5, 5.41) is 0. The second-order valence-electron chi connectivity index (χ2n) is 4.47. The van der Waals surface area contributed by atoms with Crippen molar-refractivity contribution in [2.45, 2.75) is 0 Å². The second-order valence-corrected chi connectivity index (χ2v) is 5.38. The van der Waals surface area contributed by atoms with Crippen molar-refractivity contribution in [3.63, 3.8) is 0 Å². The maximum Gasteiger partial charge on any atom is 0.212 e. The molecular formula is C15H10BrN3. The van der Waals surface area contributed by atoms with Crippen LogP contribution in [0.2, 0.25) is 0 Å². The highest BCUT2D eigenvalue weighted by atomic mass is 79.9. The fraction of sp³-hybridized carbons (Fsp3) is 0. The first kappa shape index (κ1) is 10.8. The fourth-order valence-corrected chi connectivity index (χ4v) is 2.59. The summed E-state index contributed by atoms with van der Waals surface area (Å²) in [5.41, 5.74) is 4.35. The Hall–Kier alpha value is -2.07. The van der Waals surface area contributed by atoms with Crippen molar-refractivity contribution in [2.24, 2.45) is 0 Å². The second kappa shape index (κ2) is 3.96. The van der Waals surface area contributed by atoms with Gasteiger partial charge in [0.05, 0.1) is 16.7 Å². The van der Waals surface area contributed by atoms with Crippen molar-refractivity contribution < 1.29 is 0 Å². The molecule has 3 nitrogen and oxygen atoms in total. The van der Waals surface area contributed by atoms with E-state index in [4.69, 9.17) is 0 Å². The Bertz CT molecular complexity index is 871. The van der Waals surface area contributed by atoms with E-state index in [1.807, 2.05) is 30.3 Å². The molecule has 0 bridgehead atoms. The molecule has 0 radical (unpaired) electrons. The third kappa shape index (κ3) is 1.68. The van der Waals surface area contributed by atoms with Gasteiger partial charge in [-0.3, -0.25) is 4.40 Å². The molecule has 4 aromatic rings. The van der Waals surface area contributed by atoms with Gasteiger partial charge in [0.15, 0.2) is 0 Å². The number of benzene rings is 2. The van der Waals surface area contributed by atoms with Crippen molar-refractivity contribution in [2.75, 3.05) is 0 Å². The van der Waals surface area contributed by atoms with Crippen LogP contribution >= 0.6 is 15.9 Å². The predicted octanol–water partition coefficient (Wildman–Crippen LogP) is 4.25. The zero-order valence-electron chi connectivity index (χ0n) is 9.97. The van der Waals surface area contributed by atoms with Gasteiger partial charge in [-0.2, -0.15) is 0 Å². The molecule has 2 aromatic carbocycles. The fourth-order valence-electron chi connectivity index (χ4n) is 2.32. The molecule has 0 spiro atoms. The van der Waals surface area contributed by atoms with Crippen LogP contribution < -0.4 is 0 Å². The highest BCUT2D eigenvalue weighted by molar-refractivity contribution is 9.10. The van der Waals surface area contributed by atoms with Crippen LogP contribution in [0.15, 0.2) is 59.2 Å². The summed E-state index contributed by atoms with van der Waals surface area (Å²) in [6.07, 6.45) is 2.09. The summed E-state index contributed by atoms with van der Waals surface area (Å²) >= 11 is 3.45. The molecule has 19 heavy (non-hydrogen) atoms. The average molecular weight is 312 g/mol. The van der Waals surface area contributed by atoms with Crippen LogP contribution in [-0.2, 0) is 0 Å². The molecule has 0 unspecified atom stereocenters. The number of rotatable bonds is 1. The van der Waals surface area contributed by atoms with Gasteiger partial charge in [-0.25, -0.2) is 4.98 Å². The first-order valence-corrected chi connectivity index (χ1v) is 6.82. The molecule has 4 heteroatoms. The Morgan fingerprint density at radius 1 is 1.00 bits per heavy atom. The van der Waals surface area contributed by atoms with E-state index in [1.54, 1.807) is 0 Å². The maximum atomic E-state index is 4.58. The largest absolute Gasteiger partial charge is 0.323 e. The average Bonchev–Trinajstić information content (AvgIpc) is 2.97. The predicted molar refractivity (Wildman–Crippen MR) is 80.2 cm³/mol. The first-order chi connectivity index (χ1) is 9.31. The van der Waals surface area contributed by atoms with Crippen LogP contribution in [0.4, 0.5) is 0 Å². The lowest BCUT2D eigenvalue weighted by Crippen LogP contribution is -1.77. The summed E-state index contributed by atoms with van der Waals surface area (Å²) in [6, 6.07) is 16.4. The first-order valence-electron chi connectivity index (χ1n) is 6.03. The molecule has 0 saturated carbocycles. The summed E-state index contributed by atoms with van der Waals surface area (Å²) in [4.78, 5) is 7.93. The summed E-state index contributed by atoms with van der Waals surface area (Å²) in [5.74, 6) is 0.874. The van der Waals surface area contributed by atoms with Crippen LogP contribution in [0.5, 0.6) is 0 Å². The quantitative estimate of drug-likeness (QED) is 0.560. The van der Waals surface area contributed by atoms with Crippen molar-refractivity contribution in [1.82, 2.24) is 14.4 Å². The van der Waals surface area contributed by atoms with E-state index in [0.29, 0.717) is 0 Å². The van der Waals surface area contributed by atoms with E-state index >= 15 is 0 Å². The summed E-state index contributed by atoms with van der Waals surface area (Å²) < 4.78 is 3.17. The molecule has 4 rings (SSSR count). The van der Waals surface area contributed by atoms with Gasteiger partial charge in [-0.05, 0) is 29.8 Å². The molecule has 0 amide bonds. The highest BCUT2D eigenvalue weighted by Gasteiger charge is 2.08. The van der Waals surface area contributed by atoms with Gasteiger partial charge < -0.3 is 4.98 Å². The van der Waals surface area contributed by atoms with Gasteiger partial charge in [0.2, 0.25) is 5.78 Å². The lowest BCUT2D eigenvalue weighted by molar-refractivity contribution is 1.25. The molecule has 0 atom stereocenters. The standard InChI is InChI=1S/C15H10BrN3/c16-11-7-5-10(6-8-11)13-9-19-14-4-2-1-3-12(14)17-15(19)18-13/h1-9H,(H,17,18). The van der Waals surface area contributed by atoms with E-state index in [9.17, 15) is 0 Å². The van der Waals surface area contributed by atoms with E-state index < -0.39 is 0 Å². The molecular weight excluding hydrogens is 302 g/mol. The number of halogens is 1. The lowest BCUT2D eigenvalue weighted by atomic mass is 10.2. The zero-order valence-corrected chi connectivity index (χ0v) is 11.6. The van der Waals surface area contributed by atoms with Crippen LogP contribution in [0, 0.1) is 0 Å². The minimum Gasteiger partial charge on any atom is -0.323 e. The Kier molecular flexibility index (Phi) is 2.26. The molecule has 2 heterocycles. The number of para-hydroxylation sites is 2. The molecule has 0 aliphatic rings. The monoisotopic (exact) mass is 311 g/mol. The maximum absolute atomic E-state index is 4.58. The topological polar surface area (TPSA) is 33.1 Å². The van der Waals surface area contributed by atoms with E-state index in [0.717, 1.165) is 32.5 Å². The number of hydrogen-bond donors (Lipinski definition) is 1. The number of imidazole rings is 2. The molecule has 0 saturated heterocycles. The van der Waals surface area contributed by atoms with Gasteiger partial charge >= 0.3 is 0 Å². The number of aromatic nitrogens is 3. The Morgan fingerprint density at radius 2 is 1.79 bits per heavy atom. The van der Waals surface area contributed by atoms with Crippen LogP contribution in [0.25, 0.3) is 28.1 Å². The normalized spacial score (nSPS) is 11.4. The summed E-state index contributed by atoms with van der Waals surface area (Å²) in [6.45, 7) is 0. The molecule has 1 N–H and O–H groups in total. The number of nitrogens with zero attached hydrogens (tertiary/aromatic N) is 2. The number of nitrogens with one attached hydrogen (secondary N) is 1. The van der Waals surface area contributed by atoms with Crippen LogP contribution in [-0.4, -0.2) is 14.4 Å².